The van der Waals surface area contributed by atoms with Crippen molar-refractivity contribution in [3.8, 4) is 0 Å². The molecule has 1 aliphatic heterocycles. The van der Waals surface area contributed by atoms with Gasteiger partial charge in [-0.25, -0.2) is 0 Å². The normalized spacial score (nSPS) is 16.4. The van der Waals surface area contributed by atoms with Crippen molar-refractivity contribution in [2.75, 3.05) is 38.0 Å². The van der Waals surface area contributed by atoms with Crippen LogP contribution in [0.15, 0.2) is 46.3 Å². The number of halogens is 1. The van der Waals surface area contributed by atoms with E-state index in [1.165, 1.54) is 4.88 Å². The molecule has 122 valence electrons. The fourth-order valence-electron chi connectivity index (χ4n) is 2.68. The molecule has 1 amide bonds. The molecule has 0 bridgehead atoms. The van der Waals surface area contributed by atoms with E-state index in [0.29, 0.717) is 6.54 Å². The summed E-state index contributed by atoms with van der Waals surface area (Å²) >= 11 is 5.26. The van der Waals surface area contributed by atoms with E-state index < -0.39 is 0 Å². The molecule has 0 aliphatic carbocycles. The summed E-state index contributed by atoms with van der Waals surface area (Å²) in [7, 11) is 0. The fraction of sp³-hybridized carbons (Fsp3) is 0.353. The highest BCUT2D eigenvalue weighted by Gasteiger charge is 2.19. The molecule has 6 heteroatoms. The summed E-state index contributed by atoms with van der Waals surface area (Å²) in [6.07, 6.45) is 0. The van der Waals surface area contributed by atoms with Crippen molar-refractivity contribution in [3.05, 3.63) is 51.1 Å². The number of anilines is 1. The van der Waals surface area contributed by atoms with Crippen molar-refractivity contribution in [1.29, 1.82) is 0 Å². The zero-order valence-electron chi connectivity index (χ0n) is 12.9. The SMILES string of the molecule is O=C(CN1CCN(Cc2cccs2)CC1)Nc1ccccc1Br. The van der Waals surface area contributed by atoms with E-state index in [0.717, 1.165) is 42.9 Å². The van der Waals surface area contributed by atoms with Gasteiger partial charge < -0.3 is 5.32 Å². The number of carbonyl (C=O) groups is 1. The van der Waals surface area contributed by atoms with Gasteiger partial charge in [0.15, 0.2) is 0 Å². The van der Waals surface area contributed by atoms with Crippen LogP contribution in [0.1, 0.15) is 4.88 Å². The highest BCUT2D eigenvalue weighted by molar-refractivity contribution is 9.10. The predicted octanol–water partition coefficient (Wildman–Crippen LogP) is 3.27. The minimum Gasteiger partial charge on any atom is -0.324 e. The van der Waals surface area contributed by atoms with Gasteiger partial charge in [0.25, 0.3) is 0 Å². The van der Waals surface area contributed by atoms with E-state index in [-0.39, 0.29) is 5.91 Å². The van der Waals surface area contributed by atoms with Crippen LogP contribution in [-0.4, -0.2) is 48.4 Å². The van der Waals surface area contributed by atoms with Gasteiger partial charge >= 0.3 is 0 Å². The van der Waals surface area contributed by atoms with Crippen LogP contribution in [0, 0.1) is 0 Å². The maximum Gasteiger partial charge on any atom is 0.238 e. The molecular formula is C17H20BrN3OS. The molecule has 1 aromatic carbocycles. The van der Waals surface area contributed by atoms with Gasteiger partial charge in [0.2, 0.25) is 5.91 Å². The molecule has 1 fully saturated rings. The number of carbonyl (C=O) groups excluding carboxylic acids is 1. The van der Waals surface area contributed by atoms with Gasteiger partial charge in [-0.15, -0.1) is 11.3 Å². The molecule has 0 radical (unpaired) electrons. The molecule has 3 rings (SSSR count). The second-order valence-corrected chi connectivity index (χ2v) is 7.55. The lowest BCUT2D eigenvalue weighted by molar-refractivity contribution is -0.117. The molecular weight excluding hydrogens is 374 g/mol. The number of nitrogens with zero attached hydrogens (tertiary/aromatic N) is 2. The number of amides is 1. The van der Waals surface area contributed by atoms with E-state index >= 15 is 0 Å². The first-order chi connectivity index (χ1) is 11.2. The number of hydrogen-bond donors (Lipinski definition) is 1. The summed E-state index contributed by atoms with van der Waals surface area (Å²) < 4.78 is 0.911. The van der Waals surface area contributed by atoms with Crippen molar-refractivity contribution in [2.24, 2.45) is 0 Å². The Hall–Kier alpha value is -1.21. The number of piperazine rings is 1. The Kier molecular flexibility index (Phi) is 5.83. The van der Waals surface area contributed by atoms with Gasteiger partial charge in [-0.3, -0.25) is 14.6 Å². The Labute approximate surface area is 149 Å². The average molecular weight is 394 g/mol. The zero-order valence-corrected chi connectivity index (χ0v) is 15.3. The highest BCUT2D eigenvalue weighted by atomic mass is 79.9. The summed E-state index contributed by atoms with van der Waals surface area (Å²) in [5.74, 6) is 0.0450. The van der Waals surface area contributed by atoms with E-state index in [4.69, 9.17) is 0 Å². The lowest BCUT2D eigenvalue weighted by Gasteiger charge is -2.34. The van der Waals surface area contributed by atoms with Gasteiger partial charge in [-0.05, 0) is 39.5 Å². The van der Waals surface area contributed by atoms with Crippen LogP contribution in [0.25, 0.3) is 0 Å². The van der Waals surface area contributed by atoms with Gasteiger partial charge in [0.05, 0.1) is 12.2 Å². The minimum atomic E-state index is 0.0450. The third kappa shape index (κ3) is 4.88. The monoisotopic (exact) mass is 393 g/mol. The summed E-state index contributed by atoms with van der Waals surface area (Å²) in [5.41, 5.74) is 0.828. The number of rotatable bonds is 5. The van der Waals surface area contributed by atoms with Crippen molar-refractivity contribution in [1.82, 2.24) is 9.80 Å². The maximum atomic E-state index is 12.2. The molecule has 0 atom stereocenters. The molecule has 1 saturated heterocycles. The first kappa shape index (κ1) is 16.6. The van der Waals surface area contributed by atoms with Crippen LogP contribution < -0.4 is 5.32 Å². The minimum absolute atomic E-state index is 0.0450. The average Bonchev–Trinajstić information content (AvgIpc) is 3.04. The van der Waals surface area contributed by atoms with Crippen molar-refractivity contribution < 1.29 is 4.79 Å². The van der Waals surface area contributed by atoms with Gasteiger partial charge in [0, 0.05) is 42.1 Å². The lowest BCUT2D eigenvalue weighted by atomic mass is 10.3. The molecule has 2 heterocycles. The van der Waals surface area contributed by atoms with Crippen LogP contribution in [0.3, 0.4) is 0 Å². The Bertz CT molecular complexity index is 639. The van der Waals surface area contributed by atoms with Gasteiger partial charge in [-0.2, -0.15) is 0 Å². The van der Waals surface area contributed by atoms with E-state index in [1.54, 1.807) is 11.3 Å². The standard InChI is InChI=1S/C17H20BrN3OS/c18-15-5-1-2-6-16(15)19-17(22)13-21-9-7-20(8-10-21)12-14-4-3-11-23-14/h1-6,11H,7-10,12-13H2,(H,19,22). The molecule has 23 heavy (non-hydrogen) atoms. The summed E-state index contributed by atoms with van der Waals surface area (Å²) in [5, 5.41) is 5.09. The van der Waals surface area contributed by atoms with E-state index in [1.807, 2.05) is 24.3 Å². The van der Waals surface area contributed by atoms with Crippen LogP contribution in [0.4, 0.5) is 5.69 Å². The van der Waals surface area contributed by atoms with Crippen LogP contribution in [0.2, 0.25) is 0 Å². The molecule has 1 aliphatic rings. The quantitative estimate of drug-likeness (QED) is 0.846. The molecule has 0 saturated carbocycles. The topological polar surface area (TPSA) is 35.6 Å². The summed E-state index contributed by atoms with van der Waals surface area (Å²) in [6.45, 7) is 5.38. The number of nitrogens with one attached hydrogen (secondary N) is 1. The second-order valence-electron chi connectivity index (χ2n) is 5.66. The Morgan fingerprint density at radius 1 is 1.09 bits per heavy atom. The zero-order chi connectivity index (χ0) is 16.1. The highest BCUT2D eigenvalue weighted by Crippen LogP contribution is 2.21. The third-order valence-corrected chi connectivity index (χ3v) is 5.49. The fourth-order valence-corrected chi connectivity index (χ4v) is 3.81. The van der Waals surface area contributed by atoms with Gasteiger partial charge in [-0.1, -0.05) is 18.2 Å². The number of para-hydroxylation sites is 1. The smallest absolute Gasteiger partial charge is 0.238 e. The van der Waals surface area contributed by atoms with Crippen molar-refractivity contribution >= 4 is 38.9 Å². The predicted molar refractivity (Wildman–Crippen MR) is 98.8 cm³/mol. The number of hydrogen-bond acceptors (Lipinski definition) is 4. The Balaban J connectivity index is 1.43. The summed E-state index contributed by atoms with van der Waals surface area (Å²) in [4.78, 5) is 18.3. The van der Waals surface area contributed by atoms with Crippen LogP contribution >= 0.6 is 27.3 Å². The largest absolute Gasteiger partial charge is 0.324 e. The number of thiophene rings is 1. The number of benzene rings is 1. The van der Waals surface area contributed by atoms with Crippen LogP contribution in [-0.2, 0) is 11.3 Å². The molecule has 1 aromatic heterocycles. The first-order valence-corrected chi connectivity index (χ1v) is 9.39. The van der Waals surface area contributed by atoms with Gasteiger partial charge in [0.1, 0.15) is 0 Å². The Morgan fingerprint density at radius 2 is 1.83 bits per heavy atom. The molecule has 2 aromatic rings. The second kappa shape index (κ2) is 8.06. The third-order valence-electron chi connectivity index (χ3n) is 3.94. The Morgan fingerprint density at radius 3 is 2.52 bits per heavy atom. The lowest BCUT2D eigenvalue weighted by Crippen LogP contribution is -2.48. The first-order valence-electron chi connectivity index (χ1n) is 7.72. The van der Waals surface area contributed by atoms with E-state index in [2.05, 4.69) is 48.6 Å². The summed E-state index contributed by atoms with van der Waals surface area (Å²) in [6, 6.07) is 12.0. The molecule has 0 spiro atoms. The molecule has 4 nitrogen and oxygen atoms in total. The van der Waals surface area contributed by atoms with E-state index in [9.17, 15) is 4.79 Å². The van der Waals surface area contributed by atoms with Crippen molar-refractivity contribution in [2.45, 2.75) is 6.54 Å². The maximum absolute atomic E-state index is 12.2. The van der Waals surface area contributed by atoms with Crippen LogP contribution in [0.5, 0.6) is 0 Å². The van der Waals surface area contributed by atoms with Crippen molar-refractivity contribution in [3.63, 3.8) is 0 Å². The molecule has 1 N–H and O–H groups in total. The molecule has 0 unspecified atom stereocenters.